The fourth-order valence-corrected chi connectivity index (χ4v) is 2.33. The minimum atomic E-state index is 0.0446. The SMILES string of the molecule is CC(=O)c1c(-c2ccccc2)ncc2ccccc12. The molecule has 0 aliphatic carbocycles. The highest BCUT2D eigenvalue weighted by Crippen LogP contribution is 2.28. The van der Waals surface area contributed by atoms with Crippen LogP contribution in [-0.4, -0.2) is 10.8 Å². The van der Waals surface area contributed by atoms with Crippen LogP contribution >= 0.6 is 0 Å². The fourth-order valence-electron chi connectivity index (χ4n) is 2.33. The third-order valence-electron chi connectivity index (χ3n) is 3.20. The van der Waals surface area contributed by atoms with Crippen LogP contribution in [0.4, 0.5) is 0 Å². The lowest BCUT2D eigenvalue weighted by atomic mass is 9.97. The number of nitrogens with zero attached hydrogens (tertiary/aromatic N) is 1. The van der Waals surface area contributed by atoms with Gasteiger partial charge in [0, 0.05) is 17.1 Å². The zero-order valence-corrected chi connectivity index (χ0v) is 10.6. The highest BCUT2D eigenvalue weighted by Gasteiger charge is 2.14. The smallest absolute Gasteiger partial charge is 0.162 e. The molecule has 0 bridgehead atoms. The standard InChI is InChI=1S/C17H13NO/c1-12(19)16-15-10-6-5-9-14(15)11-18-17(16)13-7-3-2-4-8-13/h2-11H,1H3. The Kier molecular flexibility index (Phi) is 2.84. The number of ketones is 1. The van der Waals surface area contributed by atoms with Crippen molar-refractivity contribution in [2.45, 2.75) is 6.92 Å². The average Bonchev–Trinajstić information content (AvgIpc) is 2.46. The Morgan fingerprint density at radius 2 is 1.63 bits per heavy atom. The lowest BCUT2D eigenvalue weighted by Crippen LogP contribution is -2.00. The molecule has 2 aromatic carbocycles. The number of hydrogen-bond donors (Lipinski definition) is 0. The highest BCUT2D eigenvalue weighted by molar-refractivity contribution is 6.11. The zero-order chi connectivity index (χ0) is 13.2. The Bertz CT molecular complexity index is 748. The zero-order valence-electron chi connectivity index (χ0n) is 10.6. The van der Waals surface area contributed by atoms with Gasteiger partial charge in [-0.1, -0.05) is 54.6 Å². The molecule has 0 amide bonds. The van der Waals surface area contributed by atoms with Crippen LogP contribution < -0.4 is 0 Å². The molecule has 0 unspecified atom stereocenters. The van der Waals surface area contributed by atoms with Crippen LogP contribution in [0.25, 0.3) is 22.0 Å². The Balaban J connectivity index is 2.37. The van der Waals surface area contributed by atoms with Gasteiger partial charge in [0.2, 0.25) is 0 Å². The molecule has 3 rings (SSSR count). The molecule has 0 N–H and O–H groups in total. The molecular formula is C17H13NO. The molecule has 92 valence electrons. The van der Waals surface area contributed by atoms with Gasteiger partial charge in [-0.05, 0) is 12.3 Å². The van der Waals surface area contributed by atoms with E-state index in [0.717, 1.165) is 22.0 Å². The maximum Gasteiger partial charge on any atom is 0.162 e. The van der Waals surface area contributed by atoms with Crippen molar-refractivity contribution in [3.63, 3.8) is 0 Å². The van der Waals surface area contributed by atoms with E-state index in [-0.39, 0.29) is 5.78 Å². The molecule has 0 aliphatic heterocycles. The van der Waals surface area contributed by atoms with Gasteiger partial charge in [0.05, 0.1) is 11.3 Å². The summed E-state index contributed by atoms with van der Waals surface area (Å²) in [6.07, 6.45) is 1.82. The monoisotopic (exact) mass is 247 g/mol. The lowest BCUT2D eigenvalue weighted by Gasteiger charge is -2.09. The van der Waals surface area contributed by atoms with E-state index in [9.17, 15) is 4.79 Å². The predicted octanol–water partition coefficient (Wildman–Crippen LogP) is 4.10. The van der Waals surface area contributed by atoms with E-state index in [0.29, 0.717) is 5.56 Å². The summed E-state index contributed by atoms with van der Waals surface area (Å²) in [6, 6.07) is 17.7. The first-order valence-corrected chi connectivity index (χ1v) is 6.21. The summed E-state index contributed by atoms with van der Waals surface area (Å²) in [4.78, 5) is 16.5. The summed E-state index contributed by atoms with van der Waals surface area (Å²) in [6.45, 7) is 1.59. The topological polar surface area (TPSA) is 30.0 Å². The van der Waals surface area contributed by atoms with Gasteiger partial charge < -0.3 is 0 Å². The van der Waals surface area contributed by atoms with E-state index in [4.69, 9.17) is 0 Å². The maximum atomic E-state index is 12.0. The van der Waals surface area contributed by atoms with Gasteiger partial charge in [0.25, 0.3) is 0 Å². The number of rotatable bonds is 2. The number of aromatic nitrogens is 1. The van der Waals surface area contributed by atoms with Crippen molar-refractivity contribution in [3.05, 3.63) is 66.4 Å². The summed E-state index contributed by atoms with van der Waals surface area (Å²) in [5, 5.41) is 1.95. The third kappa shape index (κ3) is 2.02. The first-order valence-electron chi connectivity index (χ1n) is 6.21. The molecule has 3 aromatic rings. The number of benzene rings is 2. The van der Waals surface area contributed by atoms with Gasteiger partial charge in [-0.2, -0.15) is 0 Å². The van der Waals surface area contributed by atoms with Crippen molar-refractivity contribution < 1.29 is 4.79 Å². The molecule has 0 radical (unpaired) electrons. The quantitative estimate of drug-likeness (QED) is 0.638. The third-order valence-corrected chi connectivity index (χ3v) is 3.20. The first kappa shape index (κ1) is 11.6. The summed E-state index contributed by atoms with van der Waals surface area (Å²) < 4.78 is 0. The maximum absolute atomic E-state index is 12.0. The molecule has 2 nitrogen and oxygen atoms in total. The number of carbonyl (C=O) groups excluding carboxylic acids is 1. The molecular weight excluding hydrogens is 234 g/mol. The fraction of sp³-hybridized carbons (Fsp3) is 0.0588. The molecule has 19 heavy (non-hydrogen) atoms. The van der Waals surface area contributed by atoms with Crippen LogP contribution in [-0.2, 0) is 0 Å². The van der Waals surface area contributed by atoms with Crippen LogP contribution in [0.2, 0.25) is 0 Å². The van der Waals surface area contributed by atoms with Gasteiger partial charge in [0.15, 0.2) is 5.78 Å². The van der Waals surface area contributed by atoms with Gasteiger partial charge in [-0.15, -0.1) is 0 Å². The minimum absolute atomic E-state index is 0.0446. The van der Waals surface area contributed by atoms with Crippen molar-refractivity contribution in [1.82, 2.24) is 4.98 Å². The second kappa shape index (κ2) is 4.65. The lowest BCUT2D eigenvalue weighted by molar-refractivity contribution is 0.101. The second-order valence-corrected chi connectivity index (χ2v) is 4.49. The van der Waals surface area contributed by atoms with Crippen LogP contribution in [0.15, 0.2) is 60.8 Å². The van der Waals surface area contributed by atoms with Crippen molar-refractivity contribution in [1.29, 1.82) is 0 Å². The number of fused-ring (bicyclic) bond motifs is 1. The van der Waals surface area contributed by atoms with Gasteiger partial charge in [0.1, 0.15) is 0 Å². The molecule has 1 aromatic heterocycles. The van der Waals surface area contributed by atoms with Crippen LogP contribution in [0.1, 0.15) is 17.3 Å². The van der Waals surface area contributed by atoms with E-state index in [1.54, 1.807) is 6.92 Å². The normalized spacial score (nSPS) is 10.6. The van der Waals surface area contributed by atoms with Gasteiger partial charge >= 0.3 is 0 Å². The summed E-state index contributed by atoms with van der Waals surface area (Å²) in [7, 11) is 0. The van der Waals surface area contributed by atoms with E-state index in [1.807, 2.05) is 60.8 Å². The predicted molar refractivity (Wildman–Crippen MR) is 77.2 cm³/mol. The van der Waals surface area contributed by atoms with Crippen LogP contribution in [0, 0.1) is 0 Å². The number of carbonyl (C=O) groups is 1. The van der Waals surface area contributed by atoms with Crippen molar-refractivity contribution >= 4 is 16.6 Å². The minimum Gasteiger partial charge on any atom is -0.294 e. The van der Waals surface area contributed by atoms with Crippen LogP contribution in [0.5, 0.6) is 0 Å². The van der Waals surface area contributed by atoms with E-state index < -0.39 is 0 Å². The molecule has 0 saturated heterocycles. The summed E-state index contributed by atoms with van der Waals surface area (Å²) >= 11 is 0. The second-order valence-electron chi connectivity index (χ2n) is 4.49. The molecule has 0 fully saturated rings. The largest absolute Gasteiger partial charge is 0.294 e. The summed E-state index contributed by atoms with van der Waals surface area (Å²) in [5.41, 5.74) is 2.43. The van der Waals surface area contributed by atoms with Gasteiger partial charge in [-0.3, -0.25) is 9.78 Å². The molecule has 2 heteroatoms. The Hall–Kier alpha value is -2.48. The Labute approximate surface area is 111 Å². The average molecular weight is 247 g/mol. The summed E-state index contributed by atoms with van der Waals surface area (Å²) in [5.74, 6) is 0.0446. The van der Waals surface area contributed by atoms with Crippen LogP contribution in [0.3, 0.4) is 0 Å². The number of Topliss-reactive ketones (excluding diaryl/α,β-unsaturated/α-hetero) is 1. The number of hydrogen-bond acceptors (Lipinski definition) is 2. The molecule has 0 atom stereocenters. The van der Waals surface area contributed by atoms with Gasteiger partial charge in [-0.25, -0.2) is 0 Å². The van der Waals surface area contributed by atoms with Crippen molar-refractivity contribution in [2.75, 3.05) is 0 Å². The molecule has 0 spiro atoms. The molecule has 0 aliphatic rings. The first-order chi connectivity index (χ1) is 9.27. The Morgan fingerprint density at radius 1 is 0.947 bits per heavy atom. The molecule has 0 saturated carbocycles. The Morgan fingerprint density at radius 3 is 2.37 bits per heavy atom. The molecule has 1 heterocycles. The van der Waals surface area contributed by atoms with E-state index >= 15 is 0 Å². The highest BCUT2D eigenvalue weighted by atomic mass is 16.1. The number of pyridine rings is 1. The van der Waals surface area contributed by atoms with Crippen molar-refractivity contribution in [2.24, 2.45) is 0 Å². The van der Waals surface area contributed by atoms with Crippen molar-refractivity contribution in [3.8, 4) is 11.3 Å². The van der Waals surface area contributed by atoms with E-state index in [2.05, 4.69) is 4.98 Å². The van der Waals surface area contributed by atoms with E-state index in [1.165, 1.54) is 0 Å².